The molecule has 1 aromatic rings. The van der Waals surface area contributed by atoms with Crippen molar-refractivity contribution in [1.82, 2.24) is 4.90 Å². The smallest absolute Gasteiger partial charge is 0.321 e. The topological polar surface area (TPSA) is 46.6 Å². The molecular weight excluding hydrogens is 278 g/mol. The second kappa shape index (κ2) is 5.75. The Bertz CT molecular complexity index is 561. The van der Waals surface area contributed by atoms with E-state index in [1.807, 2.05) is 58.0 Å². The highest BCUT2D eigenvalue weighted by atomic mass is 16.6. The van der Waals surface area contributed by atoms with E-state index in [2.05, 4.69) is 0 Å². The first-order chi connectivity index (χ1) is 10.1. The highest BCUT2D eigenvalue weighted by Crippen LogP contribution is 2.38. The van der Waals surface area contributed by atoms with E-state index in [0.29, 0.717) is 13.0 Å². The van der Waals surface area contributed by atoms with Crippen LogP contribution in [-0.4, -0.2) is 28.9 Å². The molecule has 4 heteroatoms. The third kappa shape index (κ3) is 3.16. The van der Waals surface area contributed by atoms with Gasteiger partial charge in [-0.3, -0.25) is 9.59 Å². The fraction of sp³-hybridized carbons (Fsp3) is 0.556. The number of ether oxygens (including phenoxy) is 1. The summed E-state index contributed by atoms with van der Waals surface area (Å²) in [6.45, 7) is 9.72. The van der Waals surface area contributed by atoms with Gasteiger partial charge in [-0.1, -0.05) is 30.3 Å². The number of hydrogen-bond acceptors (Lipinski definition) is 3. The van der Waals surface area contributed by atoms with Crippen LogP contribution in [0.5, 0.6) is 0 Å². The average Bonchev–Trinajstić information content (AvgIpc) is 2.75. The van der Waals surface area contributed by atoms with Crippen LogP contribution in [0.15, 0.2) is 30.3 Å². The lowest BCUT2D eigenvalue weighted by Crippen LogP contribution is -2.42. The first-order valence-electron chi connectivity index (χ1n) is 7.74. The predicted molar refractivity (Wildman–Crippen MR) is 85.1 cm³/mol. The Morgan fingerprint density at radius 2 is 1.86 bits per heavy atom. The molecule has 1 aliphatic rings. The second-order valence-electron chi connectivity index (χ2n) is 7.17. The van der Waals surface area contributed by atoms with Crippen LogP contribution in [0.25, 0.3) is 0 Å². The maximum atomic E-state index is 12.8. The van der Waals surface area contributed by atoms with Gasteiger partial charge in [0.2, 0.25) is 5.91 Å². The lowest BCUT2D eigenvalue weighted by molar-refractivity contribution is -0.170. The molecule has 1 heterocycles. The molecule has 0 N–H and O–H groups in total. The highest BCUT2D eigenvalue weighted by Gasteiger charge is 2.51. The molecule has 1 fully saturated rings. The molecular formula is C18H25NO3. The highest BCUT2D eigenvalue weighted by molar-refractivity contribution is 6.04. The van der Waals surface area contributed by atoms with Crippen molar-refractivity contribution >= 4 is 11.9 Å². The Morgan fingerprint density at radius 3 is 2.41 bits per heavy atom. The number of amides is 1. The fourth-order valence-corrected chi connectivity index (χ4v) is 2.73. The average molecular weight is 303 g/mol. The van der Waals surface area contributed by atoms with Crippen molar-refractivity contribution in [3.05, 3.63) is 35.9 Å². The molecule has 0 aromatic heterocycles. The van der Waals surface area contributed by atoms with Crippen LogP contribution in [0, 0.1) is 5.41 Å². The van der Waals surface area contributed by atoms with Crippen molar-refractivity contribution in [2.45, 2.75) is 52.7 Å². The molecule has 0 radical (unpaired) electrons. The number of carbonyl (C=O) groups excluding carboxylic acids is 2. The van der Waals surface area contributed by atoms with Crippen LogP contribution in [0.3, 0.4) is 0 Å². The molecule has 0 unspecified atom stereocenters. The van der Waals surface area contributed by atoms with Crippen LogP contribution in [0.2, 0.25) is 0 Å². The van der Waals surface area contributed by atoms with Gasteiger partial charge in [0.1, 0.15) is 11.0 Å². The monoisotopic (exact) mass is 303 g/mol. The maximum absolute atomic E-state index is 12.8. The van der Waals surface area contributed by atoms with E-state index < -0.39 is 17.0 Å². The SMILES string of the molecule is C[C@H](c1ccccc1)N1CC[C@@](C)(C(=O)OC(C)(C)C)C1=O. The summed E-state index contributed by atoms with van der Waals surface area (Å²) in [6.07, 6.45) is 0.498. The number of benzene rings is 1. The molecule has 0 aliphatic carbocycles. The first kappa shape index (κ1) is 16.5. The number of esters is 1. The van der Waals surface area contributed by atoms with Crippen molar-refractivity contribution in [2.24, 2.45) is 5.41 Å². The van der Waals surface area contributed by atoms with Crippen LogP contribution in [-0.2, 0) is 14.3 Å². The van der Waals surface area contributed by atoms with Gasteiger partial charge in [-0.05, 0) is 46.6 Å². The summed E-state index contributed by atoms with van der Waals surface area (Å²) >= 11 is 0. The predicted octanol–water partition coefficient (Wildman–Crippen LogP) is 3.33. The van der Waals surface area contributed by atoms with Crippen LogP contribution in [0.1, 0.15) is 52.6 Å². The molecule has 2 atom stereocenters. The summed E-state index contributed by atoms with van der Waals surface area (Å²) in [6, 6.07) is 9.83. The van der Waals surface area contributed by atoms with Gasteiger partial charge in [0.25, 0.3) is 0 Å². The molecule has 1 amide bonds. The van der Waals surface area contributed by atoms with Crippen molar-refractivity contribution in [2.75, 3.05) is 6.54 Å². The van der Waals surface area contributed by atoms with Crippen LogP contribution >= 0.6 is 0 Å². The Hall–Kier alpha value is -1.84. The van der Waals surface area contributed by atoms with E-state index in [9.17, 15) is 9.59 Å². The molecule has 0 spiro atoms. The molecule has 2 rings (SSSR count). The molecule has 0 saturated carbocycles. The lowest BCUT2D eigenvalue weighted by atomic mass is 9.88. The van der Waals surface area contributed by atoms with Gasteiger partial charge >= 0.3 is 5.97 Å². The minimum absolute atomic E-state index is 0.0436. The zero-order chi connectivity index (χ0) is 16.5. The molecule has 120 valence electrons. The van der Waals surface area contributed by atoms with Gasteiger partial charge in [0.05, 0.1) is 6.04 Å². The molecule has 1 aliphatic heterocycles. The Balaban J connectivity index is 2.17. The lowest BCUT2D eigenvalue weighted by Gasteiger charge is -2.29. The van der Waals surface area contributed by atoms with Crippen molar-refractivity contribution in [1.29, 1.82) is 0 Å². The Labute approximate surface area is 132 Å². The summed E-state index contributed by atoms with van der Waals surface area (Å²) < 4.78 is 5.44. The van der Waals surface area contributed by atoms with E-state index in [1.165, 1.54) is 0 Å². The Morgan fingerprint density at radius 1 is 1.27 bits per heavy atom. The standard InChI is InChI=1S/C18H25NO3/c1-13(14-9-7-6-8-10-14)19-12-11-18(5,15(19)20)16(21)22-17(2,3)4/h6-10,13H,11-12H2,1-5H3/t13-,18-/m1/s1. The fourth-order valence-electron chi connectivity index (χ4n) is 2.73. The van der Waals surface area contributed by atoms with Gasteiger partial charge in [0, 0.05) is 6.54 Å². The number of carbonyl (C=O) groups is 2. The Kier molecular flexibility index (Phi) is 4.32. The van der Waals surface area contributed by atoms with Crippen molar-refractivity contribution in [3.63, 3.8) is 0 Å². The molecule has 22 heavy (non-hydrogen) atoms. The number of hydrogen-bond donors (Lipinski definition) is 0. The van der Waals surface area contributed by atoms with E-state index in [0.717, 1.165) is 5.56 Å². The quantitative estimate of drug-likeness (QED) is 0.635. The second-order valence-corrected chi connectivity index (χ2v) is 7.17. The summed E-state index contributed by atoms with van der Waals surface area (Å²) in [7, 11) is 0. The van der Waals surface area contributed by atoms with E-state index in [4.69, 9.17) is 4.74 Å². The zero-order valence-electron chi connectivity index (χ0n) is 14.1. The molecule has 4 nitrogen and oxygen atoms in total. The third-order valence-electron chi connectivity index (χ3n) is 4.18. The normalized spacial score (nSPS) is 23.5. The summed E-state index contributed by atoms with van der Waals surface area (Å²) in [5.41, 5.74) is -0.584. The zero-order valence-corrected chi connectivity index (χ0v) is 14.1. The van der Waals surface area contributed by atoms with E-state index in [-0.39, 0.29) is 11.9 Å². The largest absolute Gasteiger partial charge is 0.459 e. The van der Waals surface area contributed by atoms with Gasteiger partial charge in [-0.25, -0.2) is 0 Å². The maximum Gasteiger partial charge on any atom is 0.321 e. The molecule has 0 bridgehead atoms. The first-order valence-corrected chi connectivity index (χ1v) is 7.74. The van der Waals surface area contributed by atoms with Crippen molar-refractivity contribution < 1.29 is 14.3 Å². The van der Waals surface area contributed by atoms with Gasteiger partial charge in [0.15, 0.2) is 0 Å². The molecule has 1 aromatic carbocycles. The van der Waals surface area contributed by atoms with Gasteiger partial charge < -0.3 is 9.64 Å². The minimum Gasteiger partial charge on any atom is -0.459 e. The van der Waals surface area contributed by atoms with Crippen molar-refractivity contribution in [3.8, 4) is 0 Å². The summed E-state index contributed by atoms with van der Waals surface area (Å²) in [5, 5.41) is 0. The van der Waals surface area contributed by atoms with E-state index in [1.54, 1.807) is 11.8 Å². The van der Waals surface area contributed by atoms with E-state index >= 15 is 0 Å². The van der Waals surface area contributed by atoms with Gasteiger partial charge in [-0.15, -0.1) is 0 Å². The van der Waals surface area contributed by atoms with Crippen LogP contribution in [0.4, 0.5) is 0 Å². The minimum atomic E-state index is -1.07. The number of nitrogens with zero attached hydrogens (tertiary/aromatic N) is 1. The summed E-state index contributed by atoms with van der Waals surface area (Å²) in [5.74, 6) is -0.564. The number of likely N-dealkylation sites (tertiary alicyclic amines) is 1. The third-order valence-corrected chi connectivity index (χ3v) is 4.18. The summed E-state index contributed by atoms with van der Waals surface area (Å²) in [4.78, 5) is 27.0. The number of rotatable bonds is 3. The van der Waals surface area contributed by atoms with Crippen LogP contribution < -0.4 is 0 Å². The molecule has 1 saturated heterocycles. The van der Waals surface area contributed by atoms with Gasteiger partial charge in [-0.2, -0.15) is 0 Å².